The van der Waals surface area contributed by atoms with E-state index < -0.39 is 0 Å². The first kappa shape index (κ1) is 14.1. The van der Waals surface area contributed by atoms with Crippen LogP contribution in [0.4, 0.5) is 0 Å². The van der Waals surface area contributed by atoms with Crippen LogP contribution in [-0.2, 0) is 12.8 Å². The highest BCUT2D eigenvalue weighted by Crippen LogP contribution is 2.37. The molecule has 108 valence electrons. The van der Waals surface area contributed by atoms with Crippen LogP contribution in [0.2, 0.25) is 0 Å². The van der Waals surface area contributed by atoms with Crippen LogP contribution in [0.15, 0.2) is 36.5 Å². The maximum Gasteiger partial charge on any atom is 0.256 e. The quantitative estimate of drug-likeness (QED) is 0.749. The first-order valence-electron chi connectivity index (χ1n) is 7.08. The van der Waals surface area contributed by atoms with Crippen molar-refractivity contribution in [2.45, 2.75) is 25.8 Å². The topological polar surface area (TPSA) is 33.2 Å². The van der Waals surface area contributed by atoms with E-state index >= 15 is 0 Å². The first-order valence-corrected chi connectivity index (χ1v) is 7.08. The number of carbonyl (C=O) groups is 1. The Morgan fingerprint density at radius 3 is 3.00 bits per heavy atom. The predicted molar refractivity (Wildman–Crippen MR) is 83.8 cm³/mol. The van der Waals surface area contributed by atoms with E-state index in [9.17, 15) is 4.79 Å². The number of amides is 1. The molecule has 0 fully saturated rings. The van der Waals surface area contributed by atoms with Crippen LogP contribution in [-0.4, -0.2) is 22.3 Å². The van der Waals surface area contributed by atoms with Gasteiger partial charge in [0.05, 0.1) is 17.3 Å². The van der Waals surface area contributed by atoms with Gasteiger partial charge in [0.1, 0.15) is 0 Å². The van der Waals surface area contributed by atoms with Gasteiger partial charge in [0, 0.05) is 19.2 Å². The van der Waals surface area contributed by atoms with Gasteiger partial charge in [-0.15, -0.1) is 12.4 Å². The lowest BCUT2D eigenvalue weighted by Crippen LogP contribution is -2.44. The van der Waals surface area contributed by atoms with Gasteiger partial charge in [-0.05, 0) is 36.6 Å². The Kier molecular flexibility index (Phi) is 3.46. The fourth-order valence-corrected chi connectivity index (χ4v) is 3.41. The van der Waals surface area contributed by atoms with Crippen molar-refractivity contribution in [1.82, 2.24) is 9.88 Å². The summed E-state index contributed by atoms with van der Waals surface area (Å²) in [5.74, 6) is 0.136. The molecule has 0 bridgehead atoms. The summed E-state index contributed by atoms with van der Waals surface area (Å²) in [6, 6.07) is 10.5. The average Bonchev–Trinajstić information content (AvgIpc) is 2.47. The smallest absolute Gasteiger partial charge is 0.256 e. The van der Waals surface area contributed by atoms with E-state index in [1.54, 1.807) is 6.20 Å². The molecule has 1 atom stereocenters. The molecule has 0 saturated carbocycles. The van der Waals surface area contributed by atoms with Crippen molar-refractivity contribution in [3.8, 4) is 0 Å². The molecule has 21 heavy (non-hydrogen) atoms. The SMILES string of the molecule is Cc1ccc2c(c1)C1Cc3ncccc3C(=O)N1CC2.Cl. The number of aromatic nitrogens is 1. The van der Waals surface area contributed by atoms with Crippen LogP contribution in [0, 0.1) is 6.92 Å². The molecule has 1 unspecified atom stereocenters. The molecular weight excluding hydrogens is 284 g/mol. The zero-order valence-electron chi connectivity index (χ0n) is 11.9. The maximum absolute atomic E-state index is 12.6. The summed E-state index contributed by atoms with van der Waals surface area (Å²) >= 11 is 0. The van der Waals surface area contributed by atoms with Gasteiger partial charge in [-0.3, -0.25) is 9.78 Å². The zero-order chi connectivity index (χ0) is 13.7. The summed E-state index contributed by atoms with van der Waals surface area (Å²) in [7, 11) is 0. The second kappa shape index (κ2) is 5.15. The van der Waals surface area contributed by atoms with E-state index in [4.69, 9.17) is 0 Å². The fourth-order valence-electron chi connectivity index (χ4n) is 3.41. The highest BCUT2D eigenvalue weighted by molar-refractivity contribution is 5.96. The van der Waals surface area contributed by atoms with E-state index in [-0.39, 0.29) is 24.4 Å². The minimum atomic E-state index is 0. The van der Waals surface area contributed by atoms with Crippen molar-refractivity contribution in [1.29, 1.82) is 0 Å². The number of benzene rings is 1. The molecule has 3 nitrogen and oxygen atoms in total. The fraction of sp³-hybridized carbons (Fsp3) is 0.294. The number of halogens is 1. The Balaban J connectivity index is 0.00000132. The number of carbonyl (C=O) groups excluding carboxylic acids is 1. The third-order valence-electron chi connectivity index (χ3n) is 4.43. The summed E-state index contributed by atoms with van der Waals surface area (Å²) in [6.45, 7) is 2.92. The number of pyridine rings is 1. The van der Waals surface area contributed by atoms with Crippen LogP contribution in [0.3, 0.4) is 0 Å². The summed E-state index contributed by atoms with van der Waals surface area (Å²) in [4.78, 5) is 19.1. The van der Waals surface area contributed by atoms with Gasteiger partial charge in [0.25, 0.3) is 5.91 Å². The van der Waals surface area contributed by atoms with E-state index in [0.717, 1.165) is 30.6 Å². The van der Waals surface area contributed by atoms with E-state index in [2.05, 4.69) is 30.1 Å². The van der Waals surface area contributed by atoms with Gasteiger partial charge in [-0.1, -0.05) is 23.8 Å². The maximum atomic E-state index is 12.6. The molecule has 0 aliphatic carbocycles. The second-order valence-electron chi connectivity index (χ2n) is 5.67. The summed E-state index contributed by atoms with van der Waals surface area (Å²) < 4.78 is 0. The lowest BCUT2D eigenvalue weighted by atomic mass is 9.85. The summed E-state index contributed by atoms with van der Waals surface area (Å²) in [6.07, 6.45) is 3.56. The lowest BCUT2D eigenvalue weighted by Gasteiger charge is -2.40. The summed E-state index contributed by atoms with van der Waals surface area (Å²) in [5.41, 5.74) is 5.66. The highest BCUT2D eigenvalue weighted by Gasteiger charge is 2.37. The number of fused-ring (bicyclic) bond motifs is 4. The molecule has 0 radical (unpaired) electrons. The average molecular weight is 301 g/mol. The third kappa shape index (κ3) is 2.12. The van der Waals surface area contributed by atoms with E-state index in [0.29, 0.717) is 0 Å². The van der Waals surface area contributed by atoms with Gasteiger partial charge < -0.3 is 4.90 Å². The third-order valence-corrected chi connectivity index (χ3v) is 4.43. The van der Waals surface area contributed by atoms with Crippen molar-refractivity contribution in [2.24, 2.45) is 0 Å². The standard InChI is InChI=1S/C17H16N2O.ClH/c1-11-4-5-12-6-8-19-16(14(12)9-11)10-15-13(17(19)20)3-2-7-18-15;/h2-5,7,9,16H,6,8,10H2,1H3;1H. The van der Waals surface area contributed by atoms with Crippen LogP contribution in [0.1, 0.15) is 38.8 Å². The Hall–Kier alpha value is -1.87. The summed E-state index contributed by atoms with van der Waals surface area (Å²) in [5, 5.41) is 0. The number of hydrogen-bond acceptors (Lipinski definition) is 2. The predicted octanol–water partition coefficient (Wildman–Crippen LogP) is 3.11. The van der Waals surface area contributed by atoms with Crippen molar-refractivity contribution in [3.05, 3.63) is 64.5 Å². The first-order chi connectivity index (χ1) is 9.74. The van der Waals surface area contributed by atoms with Gasteiger partial charge in [0.15, 0.2) is 0 Å². The molecule has 0 spiro atoms. The van der Waals surface area contributed by atoms with Crippen LogP contribution in [0.25, 0.3) is 0 Å². The van der Waals surface area contributed by atoms with Crippen LogP contribution >= 0.6 is 12.4 Å². The van der Waals surface area contributed by atoms with E-state index in [1.807, 2.05) is 17.0 Å². The van der Waals surface area contributed by atoms with Gasteiger partial charge in [0.2, 0.25) is 0 Å². The van der Waals surface area contributed by atoms with Gasteiger partial charge >= 0.3 is 0 Å². The van der Waals surface area contributed by atoms with Gasteiger partial charge in [-0.2, -0.15) is 0 Å². The van der Waals surface area contributed by atoms with Gasteiger partial charge in [-0.25, -0.2) is 0 Å². The molecule has 4 rings (SSSR count). The lowest BCUT2D eigenvalue weighted by molar-refractivity contribution is 0.0628. The molecule has 1 aromatic carbocycles. The molecule has 1 amide bonds. The molecule has 2 aliphatic rings. The molecule has 2 aliphatic heterocycles. The minimum absolute atomic E-state index is 0. The molecule has 0 N–H and O–H groups in total. The van der Waals surface area contributed by atoms with Crippen molar-refractivity contribution in [3.63, 3.8) is 0 Å². The molecule has 4 heteroatoms. The number of aryl methyl sites for hydroxylation is 1. The minimum Gasteiger partial charge on any atom is -0.331 e. The zero-order valence-corrected chi connectivity index (χ0v) is 12.7. The number of nitrogens with zero attached hydrogens (tertiary/aromatic N) is 2. The Morgan fingerprint density at radius 1 is 1.29 bits per heavy atom. The largest absolute Gasteiger partial charge is 0.331 e. The molecule has 3 heterocycles. The normalized spacial score (nSPS) is 19.2. The molecule has 0 saturated heterocycles. The van der Waals surface area contributed by atoms with Crippen LogP contribution < -0.4 is 0 Å². The monoisotopic (exact) mass is 300 g/mol. The molecule has 1 aromatic heterocycles. The molecule has 2 aromatic rings. The number of rotatable bonds is 0. The molecular formula is C17H17ClN2O. The second-order valence-corrected chi connectivity index (χ2v) is 5.67. The number of hydrogen-bond donors (Lipinski definition) is 0. The van der Waals surface area contributed by atoms with Crippen molar-refractivity contribution >= 4 is 18.3 Å². The van der Waals surface area contributed by atoms with Crippen molar-refractivity contribution in [2.75, 3.05) is 6.54 Å². The van der Waals surface area contributed by atoms with Crippen molar-refractivity contribution < 1.29 is 4.79 Å². The Morgan fingerprint density at radius 2 is 2.14 bits per heavy atom. The Bertz CT molecular complexity index is 714. The van der Waals surface area contributed by atoms with Crippen LogP contribution in [0.5, 0.6) is 0 Å². The highest BCUT2D eigenvalue weighted by atomic mass is 35.5. The van der Waals surface area contributed by atoms with E-state index in [1.165, 1.54) is 16.7 Å². The Labute approximate surface area is 130 Å².